The molecule has 0 unspecified atom stereocenters. The number of hydrogen-bond acceptors (Lipinski definition) is 3. The number of carbonyl (C=O) groups excluding carboxylic acids is 1. The van der Waals surface area contributed by atoms with Crippen LogP contribution in [0.15, 0.2) is 24.3 Å². The molecule has 2 atom stereocenters. The second-order valence-corrected chi connectivity index (χ2v) is 6.65. The standard InChI is InChI=1S/C19H27NO3/c1-22-12-13-23-17-9-7-15(8-10-17)14-19(21)20-11-3-5-16-4-2-6-18(16)20/h7-10,16,18H,2-6,11-14H2,1H3/t16-,18+/m1/s1. The highest BCUT2D eigenvalue weighted by Crippen LogP contribution is 2.37. The molecule has 1 aliphatic heterocycles. The van der Waals surface area contributed by atoms with E-state index in [0.29, 0.717) is 25.7 Å². The highest BCUT2D eigenvalue weighted by atomic mass is 16.5. The van der Waals surface area contributed by atoms with Crippen molar-refractivity contribution < 1.29 is 14.3 Å². The molecule has 4 heteroatoms. The molecule has 1 aromatic carbocycles. The molecule has 23 heavy (non-hydrogen) atoms. The lowest BCUT2D eigenvalue weighted by Crippen LogP contribution is -2.46. The monoisotopic (exact) mass is 317 g/mol. The van der Waals surface area contributed by atoms with Crippen molar-refractivity contribution in [1.29, 1.82) is 0 Å². The Morgan fingerprint density at radius 2 is 1.91 bits per heavy atom. The smallest absolute Gasteiger partial charge is 0.227 e. The van der Waals surface area contributed by atoms with E-state index in [-0.39, 0.29) is 5.91 Å². The van der Waals surface area contributed by atoms with Gasteiger partial charge in [-0.3, -0.25) is 4.79 Å². The number of likely N-dealkylation sites (tertiary alicyclic amines) is 1. The van der Waals surface area contributed by atoms with Crippen molar-refractivity contribution >= 4 is 5.91 Å². The molecule has 1 aromatic rings. The number of nitrogens with zero attached hydrogens (tertiary/aromatic N) is 1. The van der Waals surface area contributed by atoms with E-state index in [1.807, 2.05) is 24.3 Å². The Kier molecular flexibility index (Phi) is 5.55. The summed E-state index contributed by atoms with van der Waals surface area (Å²) in [5, 5.41) is 0. The predicted octanol–water partition coefficient (Wildman–Crippen LogP) is 3.05. The van der Waals surface area contributed by atoms with Gasteiger partial charge in [-0.2, -0.15) is 0 Å². The van der Waals surface area contributed by atoms with E-state index < -0.39 is 0 Å². The van der Waals surface area contributed by atoms with E-state index in [4.69, 9.17) is 9.47 Å². The van der Waals surface area contributed by atoms with Crippen molar-refractivity contribution in [2.24, 2.45) is 5.92 Å². The first kappa shape index (κ1) is 16.3. The van der Waals surface area contributed by atoms with E-state index in [9.17, 15) is 4.79 Å². The molecule has 1 amide bonds. The molecule has 1 heterocycles. The van der Waals surface area contributed by atoms with Crippen LogP contribution in [0.1, 0.15) is 37.7 Å². The summed E-state index contributed by atoms with van der Waals surface area (Å²) >= 11 is 0. The normalized spacial score (nSPS) is 23.6. The van der Waals surface area contributed by atoms with Gasteiger partial charge in [0, 0.05) is 19.7 Å². The highest BCUT2D eigenvalue weighted by Gasteiger charge is 2.36. The number of methoxy groups -OCH3 is 1. The minimum Gasteiger partial charge on any atom is -0.491 e. The number of rotatable bonds is 6. The zero-order chi connectivity index (χ0) is 16.1. The maximum absolute atomic E-state index is 12.7. The maximum Gasteiger partial charge on any atom is 0.227 e. The lowest BCUT2D eigenvalue weighted by atomic mass is 9.91. The first-order valence-electron chi connectivity index (χ1n) is 8.78. The third kappa shape index (κ3) is 4.05. The van der Waals surface area contributed by atoms with Gasteiger partial charge in [-0.15, -0.1) is 0 Å². The lowest BCUT2D eigenvalue weighted by molar-refractivity contribution is -0.135. The Labute approximate surface area is 138 Å². The zero-order valence-electron chi connectivity index (χ0n) is 14.0. The molecule has 0 bridgehead atoms. The van der Waals surface area contributed by atoms with Crippen molar-refractivity contribution in [3.8, 4) is 5.75 Å². The van der Waals surface area contributed by atoms with Crippen LogP contribution in [0.2, 0.25) is 0 Å². The van der Waals surface area contributed by atoms with Crippen LogP contribution < -0.4 is 4.74 Å². The number of piperidine rings is 1. The third-order valence-electron chi connectivity index (χ3n) is 5.15. The molecule has 1 aliphatic carbocycles. The first-order valence-corrected chi connectivity index (χ1v) is 8.78. The number of fused-ring (bicyclic) bond motifs is 1. The van der Waals surface area contributed by atoms with E-state index in [1.165, 1.54) is 32.1 Å². The van der Waals surface area contributed by atoms with Gasteiger partial charge in [0.15, 0.2) is 0 Å². The van der Waals surface area contributed by atoms with E-state index in [0.717, 1.165) is 23.8 Å². The van der Waals surface area contributed by atoms with E-state index in [2.05, 4.69) is 4.90 Å². The van der Waals surface area contributed by atoms with Gasteiger partial charge in [0.05, 0.1) is 13.0 Å². The van der Waals surface area contributed by atoms with Gasteiger partial charge in [-0.05, 0) is 49.3 Å². The molecule has 2 aliphatic rings. The molecule has 126 valence electrons. The third-order valence-corrected chi connectivity index (χ3v) is 5.15. The summed E-state index contributed by atoms with van der Waals surface area (Å²) in [6, 6.07) is 8.37. The number of carbonyl (C=O) groups is 1. The fourth-order valence-electron chi connectivity index (χ4n) is 3.99. The summed E-state index contributed by atoms with van der Waals surface area (Å²) < 4.78 is 10.5. The number of hydrogen-bond donors (Lipinski definition) is 0. The molecule has 0 aromatic heterocycles. The minimum absolute atomic E-state index is 0.287. The molecular formula is C19H27NO3. The van der Waals surface area contributed by atoms with Crippen molar-refractivity contribution in [2.45, 2.75) is 44.6 Å². The quantitative estimate of drug-likeness (QED) is 0.757. The van der Waals surface area contributed by atoms with Crippen LogP contribution in [-0.2, 0) is 16.0 Å². The van der Waals surface area contributed by atoms with Crippen LogP contribution in [-0.4, -0.2) is 43.7 Å². The summed E-state index contributed by atoms with van der Waals surface area (Å²) in [6.07, 6.45) is 6.76. The molecule has 0 N–H and O–H groups in total. The molecule has 4 nitrogen and oxygen atoms in total. The Morgan fingerprint density at radius 1 is 1.13 bits per heavy atom. The Hall–Kier alpha value is -1.55. The van der Waals surface area contributed by atoms with Crippen LogP contribution in [0.25, 0.3) is 0 Å². The predicted molar refractivity (Wildman–Crippen MR) is 89.6 cm³/mol. The fraction of sp³-hybridized carbons (Fsp3) is 0.632. The molecule has 1 saturated heterocycles. The average Bonchev–Trinajstić information content (AvgIpc) is 3.05. The first-order chi connectivity index (χ1) is 11.3. The van der Waals surface area contributed by atoms with Crippen molar-refractivity contribution in [3.05, 3.63) is 29.8 Å². The molecule has 2 fully saturated rings. The van der Waals surface area contributed by atoms with Gasteiger partial charge in [0.25, 0.3) is 0 Å². The number of benzene rings is 1. The average molecular weight is 317 g/mol. The lowest BCUT2D eigenvalue weighted by Gasteiger charge is -2.38. The van der Waals surface area contributed by atoms with Crippen LogP contribution in [0.3, 0.4) is 0 Å². The SMILES string of the molecule is COCCOc1ccc(CC(=O)N2CCC[C@H]3CCC[C@@H]32)cc1. The fourth-order valence-corrected chi connectivity index (χ4v) is 3.99. The van der Waals surface area contributed by atoms with E-state index >= 15 is 0 Å². The maximum atomic E-state index is 12.7. The summed E-state index contributed by atoms with van der Waals surface area (Å²) in [5.41, 5.74) is 1.06. The summed E-state index contributed by atoms with van der Waals surface area (Å²) in [4.78, 5) is 14.8. The van der Waals surface area contributed by atoms with Gasteiger partial charge < -0.3 is 14.4 Å². The molecule has 3 rings (SSSR count). The Balaban J connectivity index is 1.55. The Bertz CT molecular complexity index is 514. The summed E-state index contributed by atoms with van der Waals surface area (Å²) in [5.74, 6) is 1.87. The Morgan fingerprint density at radius 3 is 2.70 bits per heavy atom. The molecule has 0 spiro atoms. The van der Waals surface area contributed by atoms with E-state index in [1.54, 1.807) is 7.11 Å². The topological polar surface area (TPSA) is 38.8 Å². The largest absolute Gasteiger partial charge is 0.491 e. The molecule has 1 saturated carbocycles. The van der Waals surface area contributed by atoms with Crippen LogP contribution in [0.5, 0.6) is 5.75 Å². The number of ether oxygens (including phenoxy) is 2. The van der Waals surface area contributed by atoms with Crippen LogP contribution in [0.4, 0.5) is 0 Å². The molecular weight excluding hydrogens is 290 g/mol. The van der Waals surface area contributed by atoms with Crippen LogP contribution >= 0.6 is 0 Å². The van der Waals surface area contributed by atoms with Gasteiger partial charge in [0.2, 0.25) is 5.91 Å². The second-order valence-electron chi connectivity index (χ2n) is 6.65. The van der Waals surface area contributed by atoms with Crippen LogP contribution in [0, 0.1) is 5.92 Å². The molecule has 0 radical (unpaired) electrons. The van der Waals surface area contributed by atoms with Gasteiger partial charge >= 0.3 is 0 Å². The zero-order valence-corrected chi connectivity index (χ0v) is 14.0. The minimum atomic E-state index is 0.287. The van der Waals surface area contributed by atoms with Crippen molar-refractivity contribution in [1.82, 2.24) is 4.90 Å². The second kappa shape index (κ2) is 7.82. The van der Waals surface area contributed by atoms with Gasteiger partial charge in [0.1, 0.15) is 12.4 Å². The summed E-state index contributed by atoms with van der Waals surface area (Å²) in [6.45, 7) is 2.07. The van der Waals surface area contributed by atoms with Gasteiger partial charge in [-0.25, -0.2) is 0 Å². The van der Waals surface area contributed by atoms with Crippen molar-refractivity contribution in [2.75, 3.05) is 26.9 Å². The summed E-state index contributed by atoms with van der Waals surface area (Å²) in [7, 11) is 1.66. The number of amides is 1. The van der Waals surface area contributed by atoms with Crippen molar-refractivity contribution in [3.63, 3.8) is 0 Å². The van der Waals surface area contributed by atoms with Gasteiger partial charge in [-0.1, -0.05) is 18.6 Å². The highest BCUT2D eigenvalue weighted by molar-refractivity contribution is 5.79.